The highest BCUT2D eigenvalue weighted by Gasteiger charge is 2.35. The molecule has 3 heteroatoms. The second-order valence-electron chi connectivity index (χ2n) is 7.04. The van der Waals surface area contributed by atoms with E-state index in [-0.39, 0.29) is 0 Å². The van der Waals surface area contributed by atoms with Crippen molar-refractivity contribution in [2.24, 2.45) is 5.92 Å². The molecule has 1 aromatic rings. The quantitative estimate of drug-likeness (QED) is 0.828. The van der Waals surface area contributed by atoms with Crippen molar-refractivity contribution in [2.45, 2.75) is 36.1 Å². The molecule has 21 heavy (non-hydrogen) atoms. The number of hydrogen-bond donors (Lipinski definition) is 0. The Hall–Kier alpha value is -0.510. The summed E-state index contributed by atoms with van der Waals surface area (Å²) in [5.74, 6) is 2.95. The Bertz CT molecular complexity index is 504. The van der Waals surface area contributed by atoms with Gasteiger partial charge in [0.05, 0.1) is 0 Å². The minimum absolute atomic E-state index is 0.754. The van der Waals surface area contributed by atoms with Crippen molar-refractivity contribution < 1.29 is 0 Å². The van der Waals surface area contributed by atoms with Gasteiger partial charge in [-0.05, 0) is 56.9 Å². The fourth-order valence-corrected chi connectivity index (χ4v) is 5.83. The Morgan fingerprint density at radius 3 is 3.05 bits per heavy atom. The summed E-state index contributed by atoms with van der Waals surface area (Å²) < 4.78 is 0. The van der Waals surface area contributed by atoms with Crippen LogP contribution in [0, 0.1) is 5.92 Å². The van der Waals surface area contributed by atoms with Crippen LogP contribution < -0.4 is 0 Å². The first kappa shape index (κ1) is 14.1. The number of thioether (sulfide) groups is 1. The number of rotatable bonds is 2. The Kier molecular flexibility index (Phi) is 3.99. The fourth-order valence-electron chi connectivity index (χ4n) is 4.59. The minimum atomic E-state index is 0.754. The molecule has 114 valence electrons. The summed E-state index contributed by atoms with van der Waals surface area (Å²) >= 11 is 2.05. The molecule has 0 saturated carbocycles. The zero-order chi connectivity index (χ0) is 14.2. The smallest absolute Gasteiger partial charge is 0.0145 e. The highest BCUT2D eigenvalue weighted by Crippen LogP contribution is 2.40. The summed E-state index contributed by atoms with van der Waals surface area (Å²) in [4.78, 5) is 6.90. The summed E-state index contributed by atoms with van der Waals surface area (Å²) in [5, 5.41) is 0. The molecule has 0 bridgehead atoms. The lowest BCUT2D eigenvalue weighted by molar-refractivity contribution is 0.0370. The molecule has 0 amide bonds. The summed E-state index contributed by atoms with van der Waals surface area (Å²) in [6, 6.07) is 9.89. The lowest BCUT2D eigenvalue weighted by atomic mass is 9.84. The van der Waals surface area contributed by atoms with Gasteiger partial charge in [-0.3, -0.25) is 0 Å². The van der Waals surface area contributed by atoms with E-state index in [1.54, 1.807) is 5.56 Å². The van der Waals surface area contributed by atoms with Crippen molar-refractivity contribution in [3.8, 4) is 0 Å². The average molecular weight is 302 g/mol. The zero-order valence-electron chi connectivity index (χ0n) is 13.0. The van der Waals surface area contributed by atoms with Gasteiger partial charge in [-0.25, -0.2) is 0 Å². The van der Waals surface area contributed by atoms with Crippen LogP contribution in [0.4, 0.5) is 0 Å². The highest BCUT2D eigenvalue weighted by molar-refractivity contribution is 7.99. The average Bonchev–Trinajstić information content (AvgIpc) is 2.91. The third-order valence-corrected chi connectivity index (χ3v) is 6.96. The Balaban J connectivity index is 1.41. The second kappa shape index (κ2) is 5.94. The van der Waals surface area contributed by atoms with E-state index in [0.717, 1.165) is 17.9 Å². The molecular formula is C18H26N2S. The van der Waals surface area contributed by atoms with Crippen LogP contribution in [0.1, 0.15) is 30.7 Å². The summed E-state index contributed by atoms with van der Waals surface area (Å²) in [5.41, 5.74) is 1.60. The number of fused-ring (bicyclic) bond motifs is 2. The standard InChI is InChI=1S/C18H26N2S/c1-19-9-4-5-14-11-20(10-8-17(14)19)12-15-13-21-18-7-3-2-6-16(15)18/h2-3,6-7,14-15,17H,4-5,8-13H2,1H3. The van der Waals surface area contributed by atoms with Gasteiger partial charge in [-0.1, -0.05) is 18.2 Å². The first-order valence-corrected chi connectivity index (χ1v) is 9.44. The molecule has 3 atom stereocenters. The van der Waals surface area contributed by atoms with Gasteiger partial charge in [-0.15, -0.1) is 11.8 Å². The number of hydrogen-bond acceptors (Lipinski definition) is 3. The van der Waals surface area contributed by atoms with E-state index < -0.39 is 0 Å². The van der Waals surface area contributed by atoms with Crippen molar-refractivity contribution in [3.63, 3.8) is 0 Å². The van der Waals surface area contributed by atoms with Gasteiger partial charge in [0.2, 0.25) is 0 Å². The van der Waals surface area contributed by atoms with Crippen LogP contribution in [0.15, 0.2) is 29.2 Å². The van der Waals surface area contributed by atoms with E-state index in [9.17, 15) is 0 Å². The van der Waals surface area contributed by atoms with E-state index in [0.29, 0.717) is 0 Å². The highest BCUT2D eigenvalue weighted by atomic mass is 32.2. The van der Waals surface area contributed by atoms with Crippen LogP contribution in [0.3, 0.4) is 0 Å². The first-order chi connectivity index (χ1) is 10.3. The molecule has 1 aromatic carbocycles. The molecule has 0 N–H and O–H groups in total. The van der Waals surface area contributed by atoms with E-state index in [4.69, 9.17) is 0 Å². The number of likely N-dealkylation sites (tertiary alicyclic amines) is 2. The van der Waals surface area contributed by atoms with E-state index >= 15 is 0 Å². The molecule has 0 spiro atoms. The first-order valence-electron chi connectivity index (χ1n) is 8.45. The van der Waals surface area contributed by atoms with Crippen LogP contribution >= 0.6 is 11.8 Å². The maximum Gasteiger partial charge on any atom is 0.0145 e. The van der Waals surface area contributed by atoms with E-state index in [1.807, 2.05) is 0 Å². The zero-order valence-corrected chi connectivity index (χ0v) is 13.8. The number of benzene rings is 1. The lowest BCUT2D eigenvalue weighted by Gasteiger charge is -2.46. The van der Waals surface area contributed by atoms with Crippen LogP contribution in [0.5, 0.6) is 0 Å². The Morgan fingerprint density at radius 2 is 2.10 bits per heavy atom. The molecule has 4 rings (SSSR count). The normalized spacial score (nSPS) is 33.7. The molecule has 2 saturated heterocycles. The van der Waals surface area contributed by atoms with Gasteiger partial charge in [-0.2, -0.15) is 0 Å². The van der Waals surface area contributed by atoms with E-state index in [1.165, 1.54) is 56.1 Å². The topological polar surface area (TPSA) is 6.48 Å². The molecule has 3 unspecified atom stereocenters. The maximum atomic E-state index is 2.76. The second-order valence-corrected chi connectivity index (χ2v) is 8.11. The third-order valence-electron chi connectivity index (χ3n) is 5.71. The van der Waals surface area contributed by atoms with Crippen molar-refractivity contribution in [1.29, 1.82) is 0 Å². The molecule has 0 radical (unpaired) electrons. The monoisotopic (exact) mass is 302 g/mol. The molecule has 0 aromatic heterocycles. The number of nitrogens with zero attached hydrogens (tertiary/aromatic N) is 2. The summed E-state index contributed by atoms with van der Waals surface area (Å²) in [6.07, 6.45) is 4.22. The molecule has 0 aliphatic carbocycles. The summed E-state index contributed by atoms with van der Waals surface area (Å²) in [7, 11) is 2.33. The van der Waals surface area contributed by atoms with Crippen LogP contribution in [-0.4, -0.2) is 54.8 Å². The SMILES string of the molecule is CN1CCCC2CN(CC3CSc4ccccc43)CCC21. The molecule has 3 aliphatic heterocycles. The minimum Gasteiger partial charge on any atom is -0.303 e. The number of piperidine rings is 2. The van der Waals surface area contributed by atoms with Gasteiger partial charge in [0.1, 0.15) is 0 Å². The van der Waals surface area contributed by atoms with Gasteiger partial charge >= 0.3 is 0 Å². The fraction of sp³-hybridized carbons (Fsp3) is 0.667. The maximum absolute atomic E-state index is 2.76. The van der Waals surface area contributed by atoms with Crippen molar-refractivity contribution in [2.75, 3.05) is 39.0 Å². The lowest BCUT2D eigenvalue weighted by Crippen LogP contribution is -2.53. The van der Waals surface area contributed by atoms with Crippen LogP contribution in [0.25, 0.3) is 0 Å². The van der Waals surface area contributed by atoms with Crippen molar-refractivity contribution in [1.82, 2.24) is 9.80 Å². The van der Waals surface area contributed by atoms with E-state index in [2.05, 4.69) is 52.9 Å². The van der Waals surface area contributed by atoms with Crippen molar-refractivity contribution in [3.05, 3.63) is 29.8 Å². The van der Waals surface area contributed by atoms with Gasteiger partial charge in [0.25, 0.3) is 0 Å². The predicted octanol–water partition coefficient (Wildman–Crippen LogP) is 3.29. The summed E-state index contributed by atoms with van der Waals surface area (Å²) in [6.45, 7) is 5.22. The molecule has 2 nitrogen and oxygen atoms in total. The molecule has 3 aliphatic rings. The molecule has 3 heterocycles. The van der Waals surface area contributed by atoms with Gasteiger partial charge in [0.15, 0.2) is 0 Å². The molecule has 2 fully saturated rings. The predicted molar refractivity (Wildman–Crippen MR) is 90.1 cm³/mol. The van der Waals surface area contributed by atoms with Gasteiger partial charge < -0.3 is 9.80 Å². The van der Waals surface area contributed by atoms with Crippen LogP contribution in [0.2, 0.25) is 0 Å². The third kappa shape index (κ3) is 2.76. The van der Waals surface area contributed by atoms with Gasteiger partial charge in [0, 0.05) is 35.7 Å². The largest absolute Gasteiger partial charge is 0.303 e. The Labute approximate surface area is 132 Å². The Morgan fingerprint density at radius 1 is 1.19 bits per heavy atom. The van der Waals surface area contributed by atoms with Crippen LogP contribution in [-0.2, 0) is 0 Å². The molecular weight excluding hydrogens is 276 g/mol. The van der Waals surface area contributed by atoms with Crippen molar-refractivity contribution >= 4 is 11.8 Å².